The molecule has 1 aliphatic rings. The lowest BCUT2D eigenvalue weighted by atomic mass is 9.91. The van der Waals surface area contributed by atoms with Gasteiger partial charge in [0, 0.05) is 35.6 Å². The van der Waals surface area contributed by atoms with Gasteiger partial charge in [0.05, 0.1) is 6.20 Å². The van der Waals surface area contributed by atoms with Gasteiger partial charge in [-0.1, -0.05) is 18.2 Å². The maximum Gasteiger partial charge on any atom is 0.407 e. The van der Waals surface area contributed by atoms with E-state index in [0.717, 1.165) is 37.4 Å². The number of benzene rings is 1. The van der Waals surface area contributed by atoms with Gasteiger partial charge < -0.3 is 15.4 Å². The highest BCUT2D eigenvalue weighted by Gasteiger charge is 2.25. The minimum Gasteiger partial charge on any atom is -0.444 e. The molecule has 2 N–H and O–H groups in total. The number of pyridine rings is 1. The van der Waals surface area contributed by atoms with Crippen LogP contribution in [0, 0.1) is 12.7 Å². The van der Waals surface area contributed by atoms with E-state index in [2.05, 4.69) is 20.6 Å². The fourth-order valence-corrected chi connectivity index (χ4v) is 4.28. The second kappa shape index (κ2) is 10.5. The van der Waals surface area contributed by atoms with Crippen molar-refractivity contribution in [3.63, 3.8) is 0 Å². The Morgan fingerprint density at radius 3 is 2.56 bits per heavy atom. The Morgan fingerprint density at radius 2 is 1.83 bits per heavy atom. The minimum absolute atomic E-state index is 0.0513. The van der Waals surface area contributed by atoms with Crippen molar-refractivity contribution < 1.29 is 13.9 Å². The average molecular weight is 494 g/mol. The molecular weight excluding hydrogens is 461 g/mol. The quantitative estimate of drug-likeness (QED) is 0.520. The number of amides is 1. The summed E-state index contributed by atoms with van der Waals surface area (Å²) in [6.45, 7) is 7.41. The Kier molecular flexibility index (Phi) is 7.37. The number of ether oxygens (including phenoxy) is 1. The standard InChI is InChI=1S/C27H32FN5O3/c1-17-8-13-23(34)33(16-17)21-7-5-6-18(14-21)24-22(28)15-29-25(32-24)30-19-9-11-20(12-10-19)31-26(35)36-27(2,3)4/h5-8,13-16,19-20H,9-12H2,1-4H3,(H,31,35)(H,29,30,32)/t19-,20-. The fraction of sp³-hybridized carbons (Fsp3) is 0.407. The summed E-state index contributed by atoms with van der Waals surface area (Å²) in [7, 11) is 0. The second-order valence-corrected chi connectivity index (χ2v) is 10.2. The molecule has 0 bridgehead atoms. The van der Waals surface area contributed by atoms with Crippen molar-refractivity contribution in [3.8, 4) is 16.9 Å². The summed E-state index contributed by atoms with van der Waals surface area (Å²) in [4.78, 5) is 32.9. The van der Waals surface area contributed by atoms with Gasteiger partial charge in [0.25, 0.3) is 5.56 Å². The maximum atomic E-state index is 14.7. The van der Waals surface area contributed by atoms with Gasteiger partial charge in [-0.25, -0.2) is 19.2 Å². The summed E-state index contributed by atoms with van der Waals surface area (Å²) in [5.74, 6) is -0.201. The zero-order chi connectivity index (χ0) is 25.9. The highest BCUT2D eigenvalue weighted by Crippen LogP contribution is 2.26. The molecule has 2 aromatic heterocycles. The van der Waals surface area contributed by atoms with Gasteiger partial charge in [-0.2, -0.15) is 0 Å². The van der Waals surface area contributed by atoms with E-state index in [1.54, 1.807) is 36.5 Å². The number of rotatable bonds is 5. The normalized spacial score (nSPS) is 17.9. The van der Waals surface area contributed by atoms with Crippen molar-refractivity contribution in [1.82, 2.24) is 19.9 Å². The summed E-state index contributed by atoms with van der Waals surface area (Å²) in [5, 5.41) is 6.24. The molecule has 0 radical (unpaired) electrons. The van der Waals surface area contributed by atoms with Crippen LogP contribution in [0.5, 0.6) is 0 Å². The predicted octanol–water partition coefficient (Wildman–Crippen LogP) is 4.99. The number of nitrogens with one attached hydrogen (secondary N) is 2. The van der Waals surface area contributed by atoms with E-state index >= 15 is 0 Å². The first-order valence-corrected chi connectivity index (χ1v) is 12.2. The molecule has 2 heterocycles. The van der Waals surface area contributed by atoms with E-state index in [1.807, 2.05) is 27.7 Å². The minimum atomic E-state index is -0.542. The van der Waals surface area contributed by atoms with Gasteiger partial charge in [0.2, 0.25) is 5.95 Å². The summed E-state index contributed by atoms with van der Waals surface area (Å²) in [6, 6.07) is 10.5. The number of carbonyl (C=O) groups excluding carboxylic acids is 1. The Morgan fingerprint density at radius 1 is 1.11 bits per heavy atom. The van der Waals surface area contributed by atoms with Crippen LogP contribution in [-0.2, 0) is 4.74 Å². The summed E-state index contributed by atoms with van der Waals surface area (Å²) in [6.07, 6.45) is 5.70. The molecule has 36 heavy (non-hydrogen) atoms. The Labute approximate surface area is 209 Å². The number of anilines is 1. The predicted molar refractivity (Wildman–Crippen MR) is 137 cm³/mol. The molecule has 0 saturated heterocycles. The summed E-state index contributed by atoms with van der Waals surface area (Å²) >= 11 is 0. The van der Waals surface area contributed by atoms with Crippen LogP contribution in [0.15, 0.2) is 53.6 Å². The zero-order valence-electron chi connectivity index (χ0n) is 21.0. The first-order valence-electron chi connectivity index (χ1n) is 12.2. The number of hydrogen-bond donors (Lipinski definition) is 2. The average Bonchev–Trinajstić information content (AvgIpc) is 2.82. The SMILES string of the molecule is Cc1ccc(=O)n(-c2cccc(-c3nc(N[C@H]4CC[C@H](NC(=O)OC(C)(C)C)CC4)ncc3F)c2)c1. The molecule has 0 unspecified atom stereocenters. The van der Waals surface area contributed by atoms with Gasteiger partial charge in [-0.15, -0.1) is 0 Å². The van der Waals surface area contributed by atoms with Crippen LogP contribution in [0.25, 0.3) is 16.9 Å². The van der Waals surface area contributed by atoms with E-state index in [9.17, 15) is 14.0 Å². The van der Waals surface area contributed by atoms with E-state index < -0.39 is 17.5 Å². The molecule has 1 saturated carbocycles. The van der Waals surface area contributed by atoms with Gasteiger partial charge in [-0.05, 0) is 71.1 Å². The smallest absolute Gasteiger partial charge is 0.407 e. The van der Waals surface area contributed by atoms with Crippen molar-refractivity contribution in [2.45, 2.75) is 71.1 Å². The highest BCUT2D eigenvalue weighted by atomic mass is 19.1. The lowest BCUT2D eigenvalue weighted by Crippen LogP contribution is -2.42. The van der Waals surface area contributed by atoms with Gasteiger partial charge in [0.1, 0.15) is 11.3 Å². The number of carbonyl (C=O) groups is 1. The van der Waals surface area contributed by atoms with Crippen molar-refractivity contribution in [1.29, 1.82) is 0 Å². The molecule has 4 rings (SSSR count). The molecular formula is C27H32FN5O3. The molecule has 1 fully saturated rings. The fourth-order valence-electron chi connectivity index (χ4n) is 4.28. The molecule has 1 aromatic carbocycles. The van der Waals surface area contributed by atoms with Crippen LogP contribution in [0.3, 0.4) is 0 Å². The first-order chi connectivity index (χ1) is 17.1. The maximum absolute atomic E-state index is 14.7. The summed E-state index contributed by atoms with van der Waals surface area (Å²) < 4.78 is 21.6. The topological polar surface area (TPSA) is 98.1 Å². The molecule has 1 aliphatic carbocycles. The molecule has 0 aliphatic heterocycles. The van der Waals surface area contributed by atoms with Crippen LogP contribution >= 0.6 is 0 Å². The number of halogens is 1. The van der Waals surface area contributed by atoms with Crippen molar-refractivity contribution >= 4 is 12.0 Å². The first kappa shape index (κ1) is 25.3. The Hall–Kier alpha value is -3.75. The van der Waals surface area contributed by atoms with E-state index in [-0.39, 0.29) is 23.3 Å². The Bertz CT molecular complexity index is 1290. The van der Waals surface area contributed by atoms with Gasteiger partial charge in [0.15, 0.2) is 5.82 Å². The third-order valence-electron chi connectivity index (χ3n) is 5.98. The zero-order valence-corrected chi connectivity index (χ0v) is 21.0. The Balaban J connectivity index is 1.44. The van der Waals surface area contributed by atoms with Crippen molar-refractivity contribution in [3.05, 3.63) is 70.5 Å². The van der Waals surface area contributed by atoms with Crippen molar-refractivity contribution in [2.24, 2.45) is 0 Å². The number of nitrogens with zero attached hydrogens (tertiary/aromatic N) is 3. The van der Waals surface area contributed by atoms with Gasteiger partial charge in [-0.3, -0.25) is 9.36 Å². The number of aromatic nitrogens is 3. The molecule has 0 spiro atoms. The largest absolute Gasteiger partial charge is 0.444 e. The molecule has 0 atom stereocenters. The van der Waals surface area contributed by atoms with Crippen LogP contribution < -0.4 is 16.2 Å². The number of hydrogen-bond acceptors (Lipinski definition) is 6. The van der Waals surface area contributed by atoms with Crippen molar-refractivity contribution in [2.75, 3.05) is 5.32 Å². The van der Waals surface area contributed by atoms with Crippen LogP contribution in [-0.4, -0.2) is 38.3 Å². The van der Waals surface area contributed by atoms with E-state index in [4.69, 9.17) is 4.74 Å². The van der Waals surface area contributed by atoms with Crippen LogP contribution in [0.1, 0.15) is 52.0 Å². The molecule has 1 amide bonds. The second-order valence-electron chi connectivity index (χ2n) is 10.2. The lowest BCUT2D eigenvalue weighted by molar-refractivity contribution is 0.0492. The molecule has 190 valence electrons. The molecule has 3 aromatic rings. The molecule has 9 heteroatoms. The molecule has 8 nitrogen and oxygen atoms in total. The van der Waals surface area contributed by atoms with E-state index in [0.29, 0.717) is 17.2 Å². The third-order valence-corrected chi connectivity index (χ3v) is 5.98. The monoisotopic (exact) mass is 493 g/mol. The number of aryl methyl sites for hydroxylation is 1. The summed E-state index contributed by atoms with van der Waals surface area (Å²) in [5.41, 5.74) is 1.58. The van der Waals surface area contributed by atoms with Gasteiger partial charge >= 0.3 is 6.09 Å². The van der Waals surface area contributed by atoms with E-state index in [1.165, 1.54) is 10.6 Å². The van der Waals surface area contributed by atoms with Crippen LogP contribution in [0.4, 0.5) is 15.1 Å². The number of alkyl carbamates (subject to hydrolysis) is 1. The third kappa shape index (κ3) is 6.47. The highest BCUT2D eigenvalue weighted by molar-refractivity contribution is 5.68. The lowest BCUT2D eigenvalue weighted by Gasteiger charge is -2.30. The van der Waals surface area contributed by atoms with Crippen LogP contribution in [0.2, 0.25) is 0 Å².